The first kappa shape index (κ1) is 20.1. The van der Waals surface area contributed by atoms with Crippen LogP contribution >= 0.6 is 12.4 Å². The molecule has 0 unspecified atom stereocenters. The lowest BCUT2D eigenvalue weighted by Crippen LogP contribution is -2.53. The van der Waals surface area contributed by atoms with Crippen LogP contribution < -0.4 is 10.9 Å². The van der Waals surface area contributed by atoms with Crippen LogP contribution in [0.2, 0.25) is 0 Å². The van der Waals surface area contributed by atoms with Gasteiger partial charge in [-0.05, 0) is 25.3 Å². The summed E-state index contributed by atoms with van der Waals surface area (Å²) in [6.45, 7) is 4.77. The molecule has 1 amide bonds. The van der Waals surface area contributed by atoms with Crippen molar-refractivity contribution in [3.05, 3.63) is 46.0 Å². The lowest BCUT2D eigenvalue weighted by molar-refractivity contribution is -0.138. The van der Waals surface area contributed by atoms with Gasteiger partial charge in [0.1, 0.15) is 6.04 Å². The lowest BCUT2D eigenvalue weighted by atomic mass is 9.78. The van der Waals surface area contributed by atoms with Gasteiger partial charge >= 0.3 is 0 Å². The molecule has 5 heterocycles. The molecule has 3 aliphatic heterocycles. The summed E-state index contributed by atoms with van der Waals surface area (Å²) in [5.41, 5.74) is 0.927. The Balaban J connectivity index is 0.00000205. The van der Waals surface area contributed by atoms with E-state index in [4.69, 9.17) is 4.52 Å². The van der Waals surface area contributed by atoms with Crippen molar-refractivity contribution in [2.75, 3.05) is 26.2 Å². The molecule has 0 radical (unpaired) electrons. The third-order valence-corrected chi connectivity index (χ3v) is 6.52. The van der Waals surface area contributed by atoms with E-state index in [2.05, 4.69) is 15.5 Å². The highest BCUT2D eigenvalue weighted by Crippen LogP contribution is 2.40. The minimum absolute atomic E-state index is 0. The maximum atomic E-state index is 13.5. The van der Waals surface area contributed by atoms with Crippen LogP contribution in [-0.4, -0.2) is 51.7 Å². The number of fused-ring (bicyclic) bond motifs is 4. The maximum absolute atomic E-state index is 13.5. The highest BCUT2D eigenvalue weighted by atomic mass is 35.5. The van der Waals surface area contributed by atoms with Crippen LogP contribution in [0.4, 0.5) is 0 Å². The molecule has 2 saturated heterocycles. The number of nitrogens with zero attached hydrogens (tertiary/aromatic N) is 4. The number of halogens is 1. The smallest absolute Gasteiger partial charge is 0.251 e. The Bertz CT molecular complexity index is 950. The van der Waals surface area contributed by atoms with Gasteiger partial charge in [0.15, 0.2) is 5.82 Å². The van der Waals surface area contributed by atoms with Gasteiger partial charge in [-0.3, -0.25) is 14.2 Å². The zero-order valence-electron chi connectivity index (χ0n) is 16.4. The Labute approximate surface area is 175 Å². The largest absolute Gasteiger partial charge is 0.341 e. The molecule has 3 atom stereocenters. The second-order valence-electron chi connectivity index (χ2n) is 8.23. The van der Waals surface area contributed by atoms with Crippen molar-refractivity contribution in [2.45, 2.75) is 44.1 Å². The highest BCUT2D eigenvalue weighted by Gasteiger charge is 2.43. The van der Waals surface area contributed by atoms with Crippen molar-refractivity contribution in [2.24, 2.45) is 5.92 Å². The van der Waals surface area contributed by atoms with Gasteiger partial charge in [-0.15, -0.1) is 12.4 Å². The molecular weight excluding hydrogens is 394 g/mol. The van der Waals surface area contributed by atoms with Gasteiger partial charge in [0.05, 0.1) is 0 Å². The van der Waals surface area contributed by atoms with Gasteiger partial charge < -0.3 is 14.7 Å². The van der Waals surface area contributed by atoms with Crippen molar-refractivity contribution in [3.8, 4) is 0 Å². The van der Waals surface area contributed by atoms with Crippen molar-refractivity contribution in [1.82, 2.24) is 24.9 Å². The van der Waals surface area contributed by atoms with Crippen LogP contribution in [0.15, 0.2) is 27.5 Å². The number of hydrogen-bond donors (Lipinski definition) is 1. The normalized spacial score (nSPS) is 26.5. The van der Waals surface area contributed by atoms with Gasteiger partial charge in [0, 0.05) is 62.6 Å². The summed E-state index contributed by atoms with van der Waals surface area (Å²) in [6, 6.07) is 4.98. The molecule has 0 saturated carbocycles. The van der Waals surface area contributed by atoms with Crippen molar-refractivity contribution >= 4 is 18.3 Å². The molecular formula is C20H26ClN5O3. The fraction of sp³-hybridized carbons (Fsp3) is 0.600. The fourth-order valence-corrected chi connectivity index (χ4v) is 5.14. The average Bonchev–Trinajstić information content (AvgIpc) is 3.15. The number of carbonyl (C=O) groups excluding carboxylic acids is 1. The van der Waals surface area contributed by atoms with Crippen molar-refractivity contribution in [1.29, 1.82) is 0 Å². The Morgan fingerprint density at radius 2 is 2.00 bits per heavy atom. The minimum atomic E-state index is -0.406. The first-order valence-corrected chi connectivity index (χ1v) is 10.1. The number of aryl methyl sites for hydroxylation is 1. The zero-order chi connectivity index (χ0) is 19.3. The zero-order valence-corrected chi connectivity index (χ0v) is 17.2. The predicted molar refractivity (Wildman–Crippen MR) is 108 cm³/mol. The number of amides is 1. The van der Waals surface area contributed by atoms with E-state index < -0.39 is 6.04 Å². The molecule has 2 bridgehead atoms. The SMILES string of the molecule is Cc1nc(C2CCN(C(=O)[C@H]3[C@@H]4CNC[C@@H](C4)c4cccc(=O)n43)CC2)no1.Cl. The molecule has 0 aliphatic carbocycles. The van der Waals surface area contributed by atoms with Crippen LogP contribution in [0, 0.1) is 12.8 Å². The van der Waals surface area contributed by atoms with Gasteiger partial charge in [0.25, 0.3) is 5.56 Å². The fourth-order valence-electron chi connectivity index (χ4n) is 5.14. The van der Waals surface area contributed by atoms with E-state index in [1.807, 2.05) is 17.0 Å². The molecule has 3 aliphatic rings. The molecule has 8 nitrogen and oxygen atoms in total. The summed E-state index contributed by atoms with van der Waals surface area (Å²) in [5.74, 6) is 2.09. The molecule has 0 aromatic carbocycles. The number of pyridine rings is 1. The molecule has 1 N–H and O–H groups in total. The van der Waals surface area contributed by atoms with E-state index in [1.165, 1.54) is 0 Å². The van der Waals surface area contributed by atoms with E-state index in [0.717, 1.165) is 43.9 Å². The molecule has 2 fully saturated rings. The van der Waals surface area contributed by atoms with Crippen LogP contribution in [0.1, 0.15) is 54.5 Å². The molecule has 5 rings (SSSR count). The maximum Gasteiger partial charge on any atom is 0.251 e. The van der Waals surface area contributed by atoms with Gasteiger partial charge in [0.2, 0.25) is 11.8 Å². The molecule has 156 valence electrons. The van der Waals surface area contributed by atoms with Gasteiger partial charge in [-0.2, -0.15) is 4.98 Å². The van der Waals surface area contributed by atoms with Gasteiger partial charge in [-0.25, -0.2) is 0 Å². The van der Waals surface area contributed by atoms with Crippen LogP contribution in [0.5, 0.6) is 0 Å². The quantitative estimate of drug-likeness (QED) is 0.795. The minimum Gasteiger partial charge on any atom is -0.341 e. The van der Waals surface area contributed by atoms with Gasteiger partial charge in [-0.1, -0.05) is 11.2 Å². The first-order chi connectivity index (χ1) is 13.6. The molecule has 2 aromatic heterocycles. The summed E-state index contributed by atoms with van der Waals surface area (Å²) < 4.78 is 6.87. The summed E-state index contributed by atoms with van der Waals surface area (Å²) >= 11 is 0. The lowest BCUT2D eigenvalue weighted by Gasteiger charge is -2.44. The van der Waals surface area contributed by atoms with Crippen molar-refractivity contribution in [3.63, 3.8) is 0 Å². The Morgan fingerprint density at radius 3 is 2.72 bits per heavy atom. The summed E-state index contributed by atoms with van der Waals surface area (Å²) in [6.07, 6.45) is 2.60. The van der Waals surface area contributed by atoms with E-state index in [-0.39, 0.29) is 35.7 Å². The number of carbonyl (C=O) groups is 1. The second-order valence-corrected chi connectivity index (χ2v) is 8.23. The Morgan fingerprint density at radius 1 is 1.21 bits per heavy atom. The molecule has 9 heteroatoms. The average molecular weight is 420 g/mol. The van der Waals surface area contributed by atoms with E-state index in [1.54, 1.807) is 17.6 Å². The number of aromatic nitrogens is 3. The third kappa shape index (κ3) is 3.48. The standard InChI is InChI=1S/C20H25N5O3.ClH/c1-12-22-19(23-28-12)13-5-7-24(8-6-13)20(27)18-15-9-14(10-21-11-15)16-3-2-4-17(26)25(16)18;/h2-4,13-15,18,21H,5-11H2,1H3;1H/t14-,15+,18-;/m1./s1. The topological polar surface area (TPSA) is 93.3 Å². The molecule has 0 spiro atoms. The predicted octanol–water partition coefficient (Wildman–Crippen LogP) is 1.62. The third-order valence-electron chi connectivity index (χ3n) is 6.52. The van der Waals surface area contributed by atoms with Crippen molar-refractivity contribution < 1.29 is 9.32 Å². The number of rotatable bonds is 2. The Hall–Kier alpha value is -2.19. The van der Waals surface area contributed by atoms with Crippen LogP contribution in [0.25, 0.3) is 0 Å². The number of piperidine rings is 2. The second kappa shape index (κ2) is 7.91. The number of nitrogens with one attached hydrogen (secondary N) is 1. The van der Waals surface area contributed by atoms with Crippen LogP contribution in [0.3, 0.4) is 0 Å². The number of hydrogen-bond acceptors (Lipinski definition) is 6. The Kier molecular flexibility index (Phi) is 5.48. The monoisotopic (exact) mass is 419 g/mol. The van der Waals surface area contributed by atoms with E-state index >= 15 is 0 Å². The number of likely N-dealkylation sites (tertiary alicyclic amines) is 1. The van der Waals surface area contributed by atoms with Crippen LogP contribution in [-0.2, 0) is 4.79 Å². The summed E-state index contributed by atoms with van der Waals surface area (Å²) in [4.78, 5) is 32.4. The van der Waals surface area contributed by atoms with E-state index in [0.29, 0.717) is 24.9 Å². The molecule has 29 heavy (non-hydrogen) atoms. The molecule has 2 aromatic rings. The summed E-state index contributed by atoms with van der Waals surface area (Å²) in [7, 11) is 0. The highest BCUT2D eigenvalue weighted by molar-refractivity contribution is 5.85. The van der Waals surface area contributed by atoms with E-state index in [9.17, 15) is 9.59 Å². The first-order valence-electron chi connectivity index (χ1n) is 10.1. The summed E-state index contributed by atoms with van der Waals surface area (Å²) in [5, 5.41) is 7.49.